The van der Waals surface area contributed by atoms with Crippen LogP contribution in [0.3, 0.4) is 0 Å². The first kappa shape index (κ1) is 29.8. The molecule has 248 valence electrons. The van der Waals surface area contributed by atoms with Crippen LogP contribution in [0, 0.1) is 0 Å². The molecule has 0 fully saturated rings. The van der Waals surface area contributed by atoms with E-state index >= 15 is 0 Å². The summed E-state index contributed by atoms with van der Waals surface area (Å²) in [5.41, 5.74) is 12.5. The third-order valence-corrected chi connectivity index (χ3v) is 11.3. The Bertz CT molecular complexity index is 2830. The zero-order valence-electron chi connectivity index (χ0n) is 28.9. The van der Waals surface area contributed by atoms with Crippen molar-refractivity contribution < 1.29 is 4.74 Å². The zero-order valence-corrected chi connectivity index (χ0v) is 28.9. The molecule has 1 aliphatic carbocycles. The Morgan fingerprint density at radius 2 is 0.962 bits per heavy atom. The van der Waals surface area contributed by atoms with E-state index in [0.717, 1.165) is 39.7 Å². The largest absolute Gasteiger partial charge is 0.457 e. The quantitative estimate of drug-likeness (QED) is 0.184. The summed E-state index contributed by atoms with van der Waals surface area (Å²) in [5, 5.41) is 4.87. The van der Waals surface area contributed by atoms with Gasteiger partial charge in [0, 0.05) is 33.2 Å². The molecule has 53 heavy (non-hydrogen) atoms. The Morgan fingerprint density at radius 1 is 0.377 bits per heavy atom. The van der Waals surface area contributed by atoms with Crippen LogP contribution in [0.1, 0.15) is 22.3 Å². The fourth-order valence-corrected chi connectivity index (χ4v) is 9.20. The average molecular weight is 676 g/mol. The Labute approximate surface area is 308 Å². The summed E-state index contributed by atoms with van der Waals surface area (Å²) in [6.07, 6.45) is 0. The van der Waals surface area contributed by atoms with Crippen molar-refractivity contribution >= 4 is 38.6 Å². The maximum Gasteiger partial charge on any atom is 0.132 e. The predicted octanol–water partition coefficient (Wildman–Crippen LogP) is 13.6. The molecule has 2 nitrogen and oxygen atoms in total. The second-order valence-corrected chi connectivity index (χ2v) is 14.0. The van der Waals surface area contributed by atoms with E-state index in [-0.39, 0.29) is 0 Å². The highest BCUT2D eigenvalue weighted by molar-refractivity contribution is 6.14. The number of rotatable bonds is 4. The van der Waals surface area contributed by atoms with E-state index in [2.05, 4.69) is 205 Å². The van der Waals surface area contributed by atoms with Crippen LogP contribution in [0.4, 0.5) is 17.1 Å². The van der Waals surface area contributed by atoms with Gasteiger partial charge in [-0.1, -0.05) is 170 Å². The Balaban J connectivity index is 1.29. The second kappa shape index (κ2) is 11.6. The molecule has 0 amide bonds. The predicted molar refractivity (Wildman–Crippen MR) is 219 cm³/mol. The third-order valence-electron chi connectivity index (χ3n) is 11.3. The summed E-state index contributed by atoms with van der Waals surface area (Å²) in [5.74, 6) is 1.79. The van der Waals surface area contributed by atoms with E-state index < -0.39 is 5.41 Å². The minimum atomic E-state index is -0.584. The van der Waals surface area contributed by atoms with E-state index in [1.807, 2.05) is 0 Å². The number of anilines is 3. The van der Waals surface area contributed by atoms with Crippen molar-refractivity contribution in [2.24, 2.45) is 0 Å². The smallest absolute Gasteiger partial charge is 0.132 e. The second-order valence-electron chi connectivity index (χ2n) is 14.0. The molecule has 1 heterocycles. The van der Waals surface area contributed by atoms with Gasteiger partial charge in [-0.05, 0) is 68.9 Å². The number of hydrogen-bond acceptors (Lipinski definition) is 2. The van der Waals surface area contributed by atoms with Crippen LogP contribution >= 0.6 is 0 Å². The molecule has 0 saturated heterocycles. The summed E-state index contributed by atoms with van der Waals surface area (Å²) >= 11 is 0. The lowest BCUT2D eigenvalue weighted by atomic mass is 9.58. The topological polar surface area (TPSA) is 12.5 Å². The molecular formula is C51H33NO. The van der Waals surface area contributed by atoms with Gasteiger partial charge in [0.05, 0.1) is 16.8 Å². The Hall–Kier alpha value is -6.90. The van der Waals surface area contributed by atoms with Gasteiger partial charge in [-0.15, -0.1) is 0 Å². The van der Waals surface area contributed by atoms with Crippen LogP contribution in [0.15, 0.2) is 200 Å². The fraction of sp³-hybridized carbons (Fsp3) is 0.0196. The molecule has 0 bridgehead atoms. The van der Waals surface area contributed by atoms with Crippen molar-refractivity contribution in [3.8, 4) is 33.8 Å². The fourth-order valence-electron chi connectivity index (χ4n) is 9.20. The molecule has 1 spiro atoms. The van der Waals surface area contributed by atoms with Gasteiger partial charge < -0.3 is 9.64 Å². The van der Waals surface area contributed by atoms with Gasteiger partial charge in [-0.25, -0.2) is 0 Å². The number of nitrogens with zero attached hydrogens (tertiary/aromatic N) is 1. The van der Waals surface area contributed by atoms with Crippen LogP contribution < -0.4 is 9.64 Å². The van der Waals surface area contributed by atoms with Gasteiger partial charge in [0.25, 0.3) is 0 Å². The van der Waals surface area contributed by atoms with Crippen molar-refractivity contribution in [1.82, 2.24) is 0 Å². The number of fused-ring (bicyclic) bond motifs is 9. The van der Waals surface area contributed by atoms with Gasteiger partial charge in [0.2, 0.25) is 0 Å². The SMILES string of the molecule is c1ccc(-c2ccc3ccccc3c2N(c2ccccc2)c2ccc3c4c(cccc24)C2(c4ccccc4Oc4ccccc42)c2ccccc2-3)cc1. The zero-order chi connectivity index (χ0) is 34.9. The summed E-state index contributed by atoms with van der Waals surface area (Å²) in [6.45, 7) is 0. The van der Waals surface area contributed by atoms with Crippen molar-refractivity contribution in [3.63, 3.8) is 0 Å². The molecule has 0 radical (unpaired) electrons. The molecule has 1 aliphatic heterocycles. The van der Waals surface area contributed by atoms with Crippen molar-refractivity contribution in [2.45, 2.75) is 5.41 Å². The Kier molecular flexibility index (Phi) is 6.50. The summed E-state index contributed by atoms with van der Waals surface area (Å²) in [4.78, 5) is 2.49. The van der Waals surface area contributed by atoms with E-state index in [1.54, 1.807) is 0 Å². The molecule has 0 N–H and O–H groups in total. The molecule has 9 aromatic rings. The third kappa shape index (κ3) is 4.21. The lowest BCUT2D eigenvalue weighted by molar-refractivity contribution is 0.435. The molecular weight excluding hydrogens is 643 g/mol. The molecule has 0 aromatic heterocycles. The number of ether oxygens (including phenoxy) is 1. The van der Waals surface area contributed by atoms with Gasteiger partial charge in [-0.2, -0.15) is 0 Å². The lowest BCUT2D eigenvalue weighted by Gasteiger charge is -2.45. The highest BCUT2D eigenvalue weighted by Crippen LogP contribution is 2.62. The summed E-state index contributed by atoms with van der Waals surface area (Å²) < 4.78 is 6.67. The first-order chi connectivity index (χ1) is 26.3. The Morgan fingerprint density at radius 3 is 1.74 bits per heavy atom. The van der Waals surface area contributed by atoms with Crippen LogP contribution in [0.5, 0.6) is 11.5 Å². The first-order valence-corrected chi connectivity index (χ1v) is 18.3. The van der Waals surface area contributed by atoms with Gasteiger partial charge in [0.1, 0.15) is 11.5 Å². The first-order valence-electron chi connectivity index (χ1n) is 18.3. The van der Waals surface area contributed by atoms with E-state index in [0.29, 0.717) is 0 Å². The van der Waals surface area contributed by atoms with Gasteiger partial charge in [0.15, 0.2) is 0 Å². The highest BCUT2D eigenvalue weighted by Gasteiger charge is 2.49. The van der Waals surface area contributed by atoms with Gasteiger partial charge in [-0.3, -0.25) is 0 Å². The van der Waals surface area contributed by atoms with Crippen molar-refractivity contribution in [3.05, 3.63) is 222 Å². The minimum Gasteiger partial charge on any atom is -0.457 e. The molecule has 0 atom stereocenters. The number of hydrogen-bond donors (Lipinski definition) is 0. The molecule has 0 saturated carbocycles. The highest BCUT2D eigenvalue weighted by atomic mass is 16.5. The monoisotopic (exact) mass is 675 g/mol. The molecule has 11 rings (SSSR count). The molecule has 2 aliphatic rings. The van der Waals surface area contributed by atoms with Crippen LogP contribution in [0.25, 0.3) is 43.8 Å². The average Bonchev–Trinajstić information content (AvgIpc) is 3.23. The van der Waals surface area contributed by atoms with Crippen LogP contribution in [0.2, 0.25) is 0 Å². The molecule has 9 aromatic carbocycles. The van der Waals surface area contributed by atoms with E-state index in [1.165, 1.54) is 54.9 Å². The summed E-state index contributed by atoms with van der Waals surface area (Å²) in [7, 11) is 0. The minimum absolute atomic E-state index is 0.584. The van der Waals surface area contributed by atoms with E-state index in [9.17, 15) is 0 Å². The van der Waals surface area contributed by atoms with Gasteiger partial charge >= 0.3 is 0 Å². The number of benzene rings is 9. The molecule has 2 heteroatoms. The maximum atomic E-state index is 6.67. The van der Waals surface area contributed by atoms with Crippen LogP contribution in [-0.4, -0.2) is 0 Å². The van der Waals surface area contributed by atoms with Crippen molar-refractivity contribution in [1.29, 1.82) is 0 Å². The number of para-hydroxylation sites is 3. The standard InChI is InChI=1S/C51H33NO/c1-3-16-34(17-4-1)38-31-30-35-18-7-8-21-37(35)50(38)52(36-19-5-2-6-20-36)46-33-32-40-39-22-9-10-24-42(39)51(45-27-15-23-41(46)49(40)45)43-25-11-13-28-47(43)53-48-29-14-12-26-44(48)51/h1-33H. The normalized spacial score (nSPS) is 13.2. The maximum absolute atomic E-state index is 6.67. The molecule has 0 unspecified atom stereocenters. The van der Waals surface area contributed by atoms with Crippen LogP contribution in [-0.2, 0) is 5.41 Å². The van der Waals surface area contributed by atoms with E-state index in [4.69, 9.17) is 4.74 Å². The van der Waals surface area contributed by atoms with Crippen molar-refractivity contribution in [2.75, 3.05) is 4.90 Å². The summed E-state index contributed by atoms with van der Waals surface area (Å²) in [6, 6.07) is 72.7. The lowest BCUT2D eigenvalue weighted by Crippen LogP contribution is -2.36.